The summed E-state index contributed by atoms with van der Waals surface area (Å²) in [6.45, 7) is 0.798. The van der Waals surface area contributed by atoms with Gasteiger partial charge in [0.05, 0.1) is 24.8 Å². The highest BCUT2D eigenvalue weighted by Gasteiger charge is 2.28. The largest absolute Gasteiger partial charge is 0.379 e. The molecule has 12 heteroatoms. The van der Waals surface area contributed by atoms with Crippen molar-refractivity contribution in [3.63, 3.8) is 0 Å². The van der Waals surface area contributed by atoms with E-state index in [1.807, 2.05) is 0 Å². The molecule has 1 saturated heterocycles. The number of morpholine rings is 1. The lowest BCUT2D eigenvalue weighted by Crippen LogP contribution is -2.40. The SMILES string of the molecule is CN(CC(=O)Nc1ccc(Cl)c(S(=O)(=O)N2CCOCC2)c1)C(=O)c1ccon1. The number of ether oxygens (including phenoxy) is 1. The maximum atomic E-state index is 12.8. The molecule has 156 valence electrons. The Morgan fingerprint density at radius 3 is 2.66 bits per heavy atom. The van der Waals surface area contributed by atoms with E-state index in [1.54, 1.807) is 0 Å². The smallest absolute Gasteiger partial charge is 0.276 e. The summed E-state index contributed by atoms with van der Waals surface area (Å²) in [5.74, 6) is -0.998. The summed E-state index contributed by atoms with van der Waals surface area (Å²) in [6, 6.07) is 5.57. The van der Waals surface area contributed by atoms with Gasteiger partial charge in [-0.1, -0.05) is 16.8 Å². The molecular weight excluding hydrogens is 424 g/mol. The van der Waals surface area contributed by atoms with E-state index < -0.39 is 21.8 Å². The minimum atomic E-state index is -3.83. The summed E-state index contributed by atoms with van der Waals surface area (Å²) >= 11 is 6.10. The summed E-state index contributed by atoms with van der Waals surface area (Å²) < 4.78 is 36.8. The van der Waals surface area contributed by atoms with Crippen LogP contribution in [0, 0.1) is 0 Å². The van der Waals surface area contributed by atoms with Crippen molar-refractivity contribution in [1.82, 2.24) is 14.4 Å². The number of benzene rings is 1. The normalized spacial score (nSPS) is 15.1. The molecule has 0 radical (unpaired) electrons. The van der Waals surface area contributed by atoms with E-state index in [0.29, 0.717) is 13.2 Å². The van der Waals surface area contributed by atoms with E-state index in [9.17, 15) is 18.0 Å². The van der Waals surface area contributed by atoms with E-state index in [1.165, 1.54) is 41.9 Å². The van der Waals surface area contributed by atoms with Gasteiger partial charge in [0.2, 0.25) is 15.9 Å². The molecule has 2 amide bonds. The molecule has 10 nitrogen and oxygen atoms in total. The number of amides is 2. The minimum Gasteiger partial charge on any atom is -0.379 e. The first-order chi connectivity index (χ1) is 13.8. The van der Waals surface area contributed by atoms with Crippen molar-refractivity contribution in [2.75, 3.05) is 45.2 Å². The number of sulfonamides is 1. The van der Waals surface area contributed by atoms with Crippen LogP contribution < -0.4 is 5.32 Å². The van der Waals surface area contributed by atoms with Gasteiger partial charge in [-0.05, 0) is 18.2 Å². The summed E-state index contributed by atoms with van der Waals surface area (Å²) in [5.41, 5.74) is 0.319. The van der Waals surface area contributed by atoms with Gasteiger partial charge in [-0.15, -0.1) is 0 Å². The van der Waals surface area contributed by atoms with E-state index in [2.05, 4.69) is 15.0 Å². The predicted octanol–water partition coefficient (Wildman–Crippen LogP) is 1.06. The third kappa shape index (κ3) is 4.93. The Morgan fingerprint density at radius 2 is 2.00 bits per heavy atom. The number of carbonyl (C=O) groups excluding carboxylic acids is 2. The quantitative estimate of drug-likeness (QED) is 0.709. The Bertz CT molecular complexity index is 989. The van der Waals surface area contributed by atoms with Crippen LogP contribution in [-0.4, -0.2) is 74.5 Å². The topological polar surface area (TPSA) is 122 Å². The second kappa shape index (κ2) is 8.91. The van der Waals surface area contributed by atoms with Crippen LogP contribution in [0.15, 0.2) is 39.9 Å². The lowest BCUT2D eigenvalue weighted by molar-refractivity contribution is -0.116. The summed E-state index contributed by atoms with van der Waals surface area (Å²) in [7, 11) is -2.39. The number of hydrogen-bond acceptors (Lipinski definition) is 7. The zero-order valence-electron chi connectivity index (χ0n) is 15.5. The average molecular weight is 443 g/mol. The van der Waals surface area contributed by atoms with Gasteiger partial charge in [0.15, 0.2) is 5.69 Å². The molecule has 0 spiro atoms. The molecule has 3 rings (SSSR count). The van der Waals surface area contributed by atoms with Crippen LogP contribution in [0.5, 0.6) is 0 Å². The van der Waals surface area contributed by atoms with E-state index >= 15 is 0 Å². The lowest BCUT2D eigenvalue weighted by Gasteiger charge is -2.26. The molecule has 1 N–H and O–H groups in total. The van der Waals surface area contributed by atoms with Crippen LogP contribution in [0.4, 0.5) is 5.69 Å². The third-order valence-corrected chi connectivity index (χ3v) is 6.57. The standard InChI is InChI=1S/C17H19ClN4O6S/c1-21(17(24)14-4-7-28-20-14)11-16(23)19-12-2-3-13(18)15(10-12)29(25,26)22-5-8-27-9-6-22/h2-4,7,10H,5-6,8-9,11H2,1H3,(H,19,23). The zero-order valence-corrected chi connectivity index (χ0v) is 17.1. The van der Waals surface area contributed by atoms with Crippen molar-refractivity contribution in [3.05, 3.63) is 41.2 Å². The number of rotatable bonds is 6. The average Bonchev–Trinajstić information content (AvgIpc) is 3.24. The first kappa shape index (κ1) is 21.2. The van der Waals surface area contributed by atoms with Crippen molar-refractivity contribution in [2.45, 2.75) is 4.90 Å². The molecule has 0 saturated carbocycles. The molecule has 2 aromatic rings. The predicted molar refractivity (Wildman–Crippen MR) is 103 cm³/mol. The molecule has 0 bridgehead atoms. The molecule has 1 aromatic heterocycles. The van der Waals surface area contributed by atoms with Gasteiger partial charge in [-0.2, -0.15) is 4.31 Å². The van der Waals surface area contributed by atoms with Crippen LogP contribution in [0.25, 0.3) is 0 Å². The molecule has 0 aliphatic carbocycles. The third-order valence-electron chi connectivity index (χ3n) is 4.19. The Kier molecular flexibility index (Phi) is 6.52. The Balaban J connectivity index is 1.70. The van der Waals surface area contributed by atoms with Crippen LogP contribution >= 0.6 is 11.6 Å². The molecule has 1 aliphatic heterocycles. The fourth-order valence-corrected chi connectivity index (χ4v) is 4.62. The molecule has 0 atom stereocenters. The Hall–Kier alpha value is -2.47. The van der Waals surface area contributed by atoms with Gasteiger partial charge < -0.3 is 19.5 Å². The van der Waals surface area contributed by atoms with Crippen molar-refractivity contribution in [1.29, 1.82) is 0 Å². The number of nitrogens with one attached hydrogen (secondary N) is 1. The maximum absolute atomic E-state index is 12.8. The fraction of sp³-hybridized carbons (Fsp3) is 0.353. The number of carbonyl (C=O) groups is 2. The van der Waals surface area contributed by atoms with Gasteiger partial charge in [0, 0.05) is 31.9 Å². The number of aromatic nitrogens is 1. The van der Waals surface area contributed by atoms with Gasteiger partial charge in [-0.25, -0.2) is 8.42 Å². The monoisotopic (exact) mass is 442 g/mol. The first-order valence-electron chi connectivity index (χ1n) is 8.62. The van der Waals surface area contributed by atoms with Crippen molar-refractivity contribution >= 4 is 39.1 Å². The van der Waals surface area contributed by atoms with E-state index in [4.69, 9.17) is 16.3 Å². The van der Waals surface area contributed by atoms with Crippen molar-refractivity contribution in [2.24, 2.45) is 0 Å². The molecule has 0 unspecified atom stereocenters. The Labute approximate surface area is 172 Å². The summed E-state index contributed by atoms with van der Waals surface area (Å²) in [4.78, 5) is 25.5. The van der Waals surface area contributed by atoms with Gasteiger partial charge in [-0.3, -0.25) is 9.59 Å². The highest BCUT2D eigenvalue weighted by atomic mass is 35.5. The van der Waals surface area contributed by atoms with Crippen molar-refractivity contribution in [3.8, 4) is 0 Å². The Morgan fingerprint density at radius 1 is 1.28 bits per heavy atom. The highest BCUT2D eigenvalue weighted by Crippen LogP contribution is 2.28. The molecule has 1 fully saturated rings. The first-order valence-corrected chi connectivity index (χ1v) is 10.4. The molecule has 29 heavy (non-hydrogen) atoms. The maximum Gasteiger partial charge on any atom is 0.276 e. The van der Waals surface area contributed by atoms with Crippen LogP contribution in [-0.2, 0) is 19.6 Å². The van der Waals surface area contributed by atoms with Gasteiger partial charge in [0.25, 0.3) is 5.91 Å². The number of likely N-dealkylation sites (N-methyl/N-ethyl adjacent to an activating group) is 1. The van der Waals surface area contributed by atoms with Crippen LogP contribution in [0.3, 0.4) is 0 Å². The van der Waals surface area contributed by atoms with Gasteiger partial charge >= 0.3 is 0 Å². The second-order valence-corrected chi connectivity index (χ2v) is 8.57. The van der Waals surface area contributed by atoms with Crippen molar-refractivity contribution < 1.29 is 27.3 Å². The number of hydrogen-bond donors (Lipinski definition) is 1. The lowest BCUT2D eigenvalue weighted by atomic mass is 10.3. The number of nitrogens with zero attached hydrogens (tertiary/aromatic N) is 3. The summed E-state index contributed by atoms with van der Waals surface area (Å²) in [6.07, 6.45) is 1.26. The van der Waals surface area contributed by atoms with E-state index in [-0.39, 0.29) is 40.9 Å². The van der Waals surface area contributed by atoms with E-state index in [0.717, 1.165) is 4.90 Å². The number of anilines is 1. The second-order valence-electron chi connectivity index (χ2n) is 6.26. The highest BCUT2D eigenvalue weighted by molar-refractivity contribution is 7.89. The fourth-order valence-electron chi connectivity index (χ4n) is 2.71. The molecule has 2 heterocycles. The van der Waals surface area contributed by atoms with Crippen LogP contribution in [0.2, 0.25) is 5.02 Å². The minimum absolute atomic E-state index is 0.0489. The molecule has 1 aromatic carbocycles. The molecular formula is C17H19ClN4O6S. The van der Waals surface area contributed by atoms with Gasteiger partial charge in [0.1, 0.15) is 11.2 Å². The molecule has 1 aliphatic rings. The van der Waals surface area contributed by atoms with Crippen LogP contribution in [0.1, 0.15) is 10.5 Å². The zero-order chi connectivity index (χ0) is 21.0. The summed E-state index contributed by atoms with van der Waals surface area (Å²) in [5, 5.41) is 6.15. The number of halogens is 1.